The van der Waals surface area contributed by atoms with E-state index in [1.807, 2.05) is 41.9 Å². The van der Waals surface area contributed by atoms with Gasteiger partial charge in [-0.15, -0.1) is 0 Å². The summed E-state index contributed by atoms with van der Waals surface area (Å²) in [6, 6.07) is 21.8. The average Bonchev–Trinajstić information content (AvgIpc) is 3.13. The molecule has 7 nitrogen and oxygen atoms in total. The monoisotopic (exact) mass is 444 g/mol. The molecule has 0 unspecified atom stereocenters. The lowest BCUT2D eigenvalue weighted by atomic mass is 10.0. The van der Waals surface area contributed by atoms with Gasteiger partial charge in [-0.1, -0.05) is 30.3 Å². The van der Waals surface area contributed by atoms with Crippen LogP contribution in [0, 0.1) is 5.21 Å². The molecule has 0 saturated heterocycles. The van der Waals surface area contributed by atoms with Crippen LogP contribution < -0.4 is 14.2 Å². The number of carbonyl (C=O) groups excluding carboxylic acids is 1. The number of benzene rings is 3. The zero-order chi connectivity index (χ0) is 23.5. The fraction of sp³-hybridized carbons (Fsp3) is 0.154. The lowest BCUT2D eigenvalue weighted by Gasteiger charge is -2.10. The van der Waals surface area contributed by atoms with Gasteiger partial charge >= 0.3 is 5.97 Å². The number of methoxy groups -OCH3 is 3. The Morgan fingerprint density at radius 3 is 1.97 bits per heavy atom. The van der Waals surface area contributed by atoms with Gasteiger partial charge in [-0.25, -0.2) is 14.1 Å². The summed E-state index contributed by atoms with van der Waals surface area (Å²) in [4.78, 5) is 11.9. The maximum atomic E-state index is 13.8. The minimum absolute atomic E-state index is 0.411. The van der Waals surface area contributed by atoms with Crippen LogP contribution in [-0.4, -0.2) is 31.9 Å². The van der Waals surface area contributed by atoms with E-state index >= 15 is 0 Å². The van der Waals surface area contributed by atoms with Crippen molar-refractivity contribution in [3.63, 3.8) is 0 Å². The van der Waals surface area contributed by atoms with Crippen LogP contribution in [0.25, 0.3) is 33.9 Å². The predicted octanol–water partition coefficient (Wildman–Crippen LogP) is 4.46. The first-order chi connectivity index (χ1) is 16.0. The van der Waals surface area contributed by atoms with E-state index in [0.717, 1.165) is 16.0 Å². The normalized spacial score (nSPS) is 10.7. The van der Waals surface area contributed by atoms with Gasteiger partial charge in [-0.2, -0.15) is 0 Å². The smallest absolute Gasteiger partial charge is 0.337 e. The fourth-order valence-electron chi connectivity index (χ4n) is 3.91. The third kappa shape index (κ3) is 4.01. The van der Waals surface area contributed by atoms with Crippen LogP contribution in [0.15, 0.2) is 72.8 Å². The van der Waals surface area contributed by atoms with E-state index in [0.29, 0.717) is 39.7 Å². The van der Waals surface area contributed by atoms with Crippen LogP contribution in [0.2, 0.25) is 0 Å². The Kier molecular flexibility index (Phi) is 6.04. The van der Waals surface area contributed by atoms with Crippen molar-refractivity contribution in [2.75, 3.05) is 21.3 Å². The third-order valence-electron chi connectivity index (χ3n) is 5.51. The van der Waals surface area contributed by atoms with Crippen molar-refractivity contribution in [1.82, 2.24) is 4.57 Å². The van der Waals surface area contributed by atoms with Crippen molar-refractivity contribution in [3.05, 3.63) is 83.6 Å². The highest BCUT2D eigenvalue weighted by molar-refractivity contribution is 5.90. The average molecular weight is 444 g/mol. The minimum atomic E-state index is -0.433. The van der Waals surface area contributed by atoms with Crippen molar-refractivity contribution in [2.24, 2.45) is 7.05 Å². The molecule has 1 aromatic heterocycles. The molecule has 168 valence electrons. The highest BCUT2D eigenvalue weighted by Crippen LogP contribution is 2.36. The zero-order valence-electron chi connectivity index (χ0n) is 18.9. The molecule has 0 bridgehead atoms. The first-order valence-corrected chi connectivity index (χ1v) is 10.3. The van der Waals surface area contributed by atoms with E-state index in [1.54, 1.807) is 56.7 Å². The van der Waals surface area contributed by atoms with E-state index in [1.165, 1.54) is 7.11 Å². The molecule has 33 heavy (non-hydrogen) atoms. The quantitative estimate of drug-likeness (QED) is 0.249. The Bertz CT molecular complexity index is 1270. The molecule has 0 aliphatic heterocycles. The molecule has 1 heterocycles. The lowest BCUT2D eigenvalue weighted by Crippen LogP contribution is -2.30. The van der Waals surface area contributed by atoms with Gasteiger partial charge in [0, 0.05) is 17.2 Å². The molecule has 0 radical (unpaired) electrons. The van der Waals surface area contributed by atoms with Crippen LogP contribution in [0.3, 0.4) is 0 Å². The number of hydrogen-bond donors (Lipinski definition) is 0. The largest absolute Gasteiger partial charge is 0.710 e. The summed E-state index contributed by atoms with van der Waals surface area (Å²) in [6.45, 7) is 0. The van der Waals surface area contributed by atoms with E-state index in [2.05, 4.69) is 0 Å². The van der Waals surface area contributed by atoms with E-state index < -0.39 is 5.97 Å². The highest BCUT2D eigenvalue weighted by Gasteiger charge is 2.29. The van der Waals surface area contributed by atoms with E-state index in [-0.39, 0.29) is 0 Å². The molecule has 3 aromatic carbocycles. The van der Waals surface area contributed by atoms with E-state index in [9.17, 15) is 10.0 Å². The van der Waals surface area contributed by atoms with Crippen LogP contribution >= 0.6 is 0 Å². The molecule has 0 aliphatic rings. The van der Waals surface area contributed by atoms with Crippen molar-refractivity contribution >= 4 is 5.97 Å². The summed E-state index contributed by atoms with van der Waals surface area (Å²) in [7, 11) is 6.32. The second kappa shape index (κ2) is 9.08. The van der Waals surface area contributed by atoms with Crippen LogP contribution in [0.1, 0.15) is 10.4 Å². The highest BCUT2D eigenvalue weighted by atomic mass is 16.5. The number of esters is 1. The van der Waals surface area contributed by atoms with Crippen molar-refractivity contribution in [3.8, 4) is 45.4 Å². The standard InChI is InChI=1S/C26H24N2O5/c1-27-23(17-8-6-5-7-9-17)24(18-10-12-19(13-11-18)26(29)33-4)28(30)25(27)20-14-21(31-2)16-22(15-20)32-3/h5-16H,1-4H3. The van der Waals surface area contributed by atoms with Crippen molar-refractivity contribution < 1.29 is 23.7 Å². The molecule has 0 amide bonds. The molecule has 0 N–H and O–H groups in total. The Morgan fingerprint density at radius 2 is 1.42 bits per heavy atom. The lowest BCUT2D eigenvalue weighted by molar-refractivity contribution is -0.581. The van der Waals surface area contributed by atoms with Gasteiger partial charge in [0.2, 0.25) is 0 Å². The molecular formula is C26H24N2O5. The molecule has 4 rings (SSSR count). The van der Waals surface area contributed by atoms with Crippen LogP contribution in [0.4, 0.5) is 0 Å². The number of aromatic nitrogens is 2. The van der Waals surface area contributed by atoms with Crippen molar-refractivity contribution in [2.45, 2.75) is 0 Å². The Labute approximate surface area is 192 Å². The predicted molar refractivity (Wildman–Crippen MR) is 125 cm³/mol. The maximum Gasteiger partial charge on any atom is 0.337 e. The van der Waals surface area contributed by atoms with Crippen LogP contribution in [0.5, 0.6) is 11.5 Å². The van der Waals surface area contributed by atoms with Gasteiger partial charge in [-0.05, 0) is 36.4 Å². The summed E-state index contributed by atoms with van der Waals surface area (Å²) < 4.78 is 18.4. The van der Waals surface area contributed by atoms with E-state index in [4.69, 9.17) is 14.2 Å². The van der Waals surface area contributed by atoms with Crippen molar-refractivity contribution in [1.29, 1.82) is 0 Å². The molecule has 0 saturated carbocycles. The third-order valence-corrected chi connectivity index (χ3v) is 5.51. The number of imidazole rings is 1. The summed E-state index contributed by atoms with van der Waals surface area (Å²) in [5.41, 5.74) is 3.84. The Hall–Kier alpha value is -4.26. The second-order valence-corrected chi connectivity index (χ2v) is 7.41. The number of rotatable bonds is 6. The molecule has 7 heteroatoms. The van der Waals surface area contributed by atoms with Gasteiger partial charge in [0.05, 0.1) is 39.5 Å². The summed E-state index contributed by atoms with van der Waals surface area (Å²) >= 11 is 0. The van der Waals surface area contributed by atoms with Gasteiger partial charge in [0.1, 0.15) is 11.5 Å². The summed E-state index contributed by atoms with van der Waals surface area (Å²) in [5, 5.41) is 13.8. The van der Waals surface area contributed by atoms with Gasteiger partial charge in [0.15, 0.2) is 11.4 Å². The van der Waals surface area contributed by atoms with Gasteiger partial charge in [-0.3, -0.25) is 0 Å². The minimum Gasteiger partial charge on any atom is -0.710 e. The van der Waals surface area contributed by atoms with Gasteiger partial charge < -0.3 is 19.4 Å². The topological polar surface area (TPSA) is 76.6 Å². The first-order valence-electron chi connectivity index (χ1n) is 10.3. The summed E-state index contributed by atoms with van der Waals surface area (Å²) in [5.74, 6) is 1.15. The second-order valence-electron chi connectivity index (χ2n) is 7.41. The molecule has 0 atom stereocenters. The number of nitrogens with zero attached hydrogens (tertiary/aromatic N) is 2. The fourth-order valence-corrected chi connectivity index (χ4v) is 3.91. The molecule has 0 spiro atoms. The molecule has 4 aromatic rings. The zero-order valence-corrected chi connectivity index (χ0v) is 18.9. The Balaban J connectivity index is 1.98. The maximum absolute atomic E-state index is 13.8. The SMILES string of the molecule is COC(=O)c1ccc(-c2c(-c3ccccc3)n(C)c(-c3cc(OC)cc(OC)c3)[n+]2[O-])cc1. The number of ether oxygens (including phenoxy) is 3. The van der Waals surface area contributed by atoms with Gasteiger partial charge in [0.25, 0.3) is 5.82 Å². The summed E-state index contributed by atoms with van der Waals surface area (Å²) in [6.07, 6.45) is 0. The first kappa shape index (κ1) is 22.0. The Morgan fingerprint density at radius 1 is 0.818 bits per heavy atom. The van der Waals surface area contributed by atoms with Crippen LogP contribution in [-0.2, 0) is 11.8 Å². The molecule has 0 fully saturated rings. The number of hydrogen-bond acceptors (Lipinski definition) is 5. The molecular weight excluding hydrogens is 420 g/mol. The molecule has 0 aliphatic carbocycles. The number of carbonyl (C=O) groups is 1.